The number of ether oxygens (including phenoxy) is 3. The molecule has 0 fully saturated rings. The molecule has 2 rings (SSSR count). The van der Waals surface area contributed by atoms with Gasteiger partial charge >= 0.3 is 0 Å². The predicted octanol–water partition coefficient (Wildman–Crippen LogP) is 2.72. The fourth-order valence-corrected chi connectivity index (χ4v) is 1.66. The average Bonchev–Trinajstić information content (AvgIpc) is 2.61. The highest BCUT2D eigenvalue weighted by Crippen LogP contribution is 2.44. The van der Waals surface area contributed by atoms with Gasteiger partial charge in [0.15, 0.2) is 11.5 Å². The van der Waals surface area contributed by atoms with Gasteiger partial charge in [-0.05, 0) is 11.5 Å². The van der Waals surface area contributed by atoms with Crippen LogP contribution in [0.1, 0.15) is 26.3 Å². The lowest BCUT2D eigenvalue weighted by molar-refractivity contribution is 0.172. The van der Waals surface area contributed by atoms with Gasteiger partial charge in [0.25, 0.3) is 0 Å². The van der Waals surface area contributed by atoms with E-state index in [4.69, 9.17) is 14.2 Å². The lowest BCUT2D eigenvalue weighted by Crippen LogP contribution is -2.12. The van der Waals surface area contributed by atoms with Crippen LogP contribution in [0.15, 0.2) is 12.1 Å². The van der Waals surface area contributed by atoms with E-state index in [-0.39, 0.29) is 5.41 Å². The van der Waals surface area contributed by atoms with E-state index >= 15 is 0 Å². The molecule has 0 unspecified atom stereocenters. The first-order chi connectivity index (χ1) is 7.02. The Morgan fingerprint density at radius 2 is 1.93 bits per heavy atom. The number of benzene rings is 1. The van der Waals surface area contributed by atoms with E-state index in [0.29, 0.717) is 6.79 Å². The number of rotatable bonds is 1. The molecule has 1 aliphatic rings. The summed E-state index contributed by atoms with van der Waals surface area (Å²) in [5, 5.41) is 0. The summed E-state index contributed by atoms with van der Waals surface area (Å²) in [6.07, 6.45) is 0. The van der Waals surface area contributed by atoms with Crippen LogP contribution in [0.5, 0.6) is 17.2 Å². The lowest BCUT2D eigenvalue weighted by atomic mass is 9.86. The van der Waals surface area contributed by atoms with Crippen LogP contribution in [0.4, 0.5) is 0 Å². The molecule has 0 bridgehead atoms. The SMILES string of the molecule is COc1cc2c(c(C(C)(C)C)c1)OCO2. The molecule has 3 heteroatoms. The van der Waals surface area contributed by atoms with Crippen LogP contribution < -0.4 is 14.2 Å². The fraction of sp³-hybridized carbons (Fsp3) is 0.500. The minimum absolute atomic E-state index is 0.0202. The molecule has 0 amide bonds. The third-order valence-corrected chi connectivity index (χ3v) is 2.49. The van der Waals surface area contributed by atoms with Crippen molar-refractivity contribution < 1.29 is 14.2 Å². The quantitative estimate of drug-likeness (QED) is 0.710. The van der Waals surface area contributed by atoms with Gasteiger partial charge in [-0.25, -0.2) is 0 Å². The number of hydrogen-bond acceptors (Lipinski definition) is 3. The Morgan fingerprint density at radius 3 is 2.53 bits per heavy atom. The highest BCUT2D eigenvalue weighted by Gasteiger charge is 2.26. The van der Waals surface area contributed by atoms with Crippen LogP contribution in [0, 0.1) is 0 Å². The van der Waals surface area contributed by atoms with Crippen LogP contribution in [0.25, 0.3) is 0 Å². The molecule has 1 aromatic rings. The molecule has 0 aromatic heterocycles. The van der Waals surface area contributed by atoms with Gasteiger partial charge in [-0.1, -0.05) is 20.8 Å². The topological polar surface area (TPSA) is 27.7 Å². The van der Waals surface area contributed by atoms with Gasteiger partial charge in [-0.3, -0.25) is 0 Å². The van der Waals surface area contributed by atoms with Crippen molar-refractivity contribution in [2.45, 2.75) is 26.2 Å². The van der Waals surface area contributed by atoms with Gasteiger partial charge in [0, 0.05) is 11.6 Å². The van der Waals surface area contributed by atoms with Gasteiger partial charge in [-0.15, -0.1) is 0 Å². The maximum absolute atomic E-state index is 5.48. The van der Waals surface area contributed by atoms with Crippen molar-refractivity contribution in [1.82, 2.24) is 0 Å². The minimum Gasteiger partial charge on any atom is -0.497 e. The van der Waals surface area contributed by atoms with Crippen molar-refractivity contribution in [2.24, 2.45) is 0 Å². The first kappa shape index (κ1) is 10.1. The molecule has 1 aliphatic heterocycles. The monoisotopic (exact) mass is 208 g/mol. The van der Waals surface area contributed by atoms with Crippen molar-refractivity contribution >= 4 is 0 Å². The molecule has 82 valence electrons. The molecule has 0 atom stereocenters. The van der Waals surface area contributed by atoms with Crippen LogP contribution in [0.3, 0.4) is 0 Å². The Balaban J connectivity index is 2.57. The summed E-state index contributed by atoms with van der Waals surface area (Å²) in [4.78, 5) is 0. The molecule has 0 radical (unpaired) electrons. The largest absolute Gasteiger partial charge is 0.497 e. The lowest BCUT2D eigenvalue weighted by Gasteiger charge is -2.21. The average molecular weight is 208 g/mol. The molecule has 0 N–H and O–H groups in total. The summed E-state index contributed by atoms with van der Waals surface area (Å²) in [6, 6.07) is 3.87. The highest BCUT2D eigenvalue weighted by atomic mass is 16.7. The van der Waals surface area contributed by atoms with Crippen molar-refractivity contribution in [1.29, 1.82) is 0 Å². The number of hydrogen-bond donors (Lipinski definition) is 0. The van der Waals surface area contributed by atoms with Crippen molar-refractivity contribution in [3.05, 3.63) is 17.7 Å². The second-order valence-electron chi connectivity index (χ2n) is 4.66. The Hall–Kier alpha value is -1.38. The molecular weight excluding hydrogens is 192 g/mol. The molecule has 0 aliphatic carbocycles. The smallest absolute Gasteiger partial charge is 0.231 e. The van der Waals surface area contributed by atoms with Crippen LogP contribution in [-0.2, 0) is 5.41 Å². The van der Waals surface area contributed by atoms with Crippen molar-refractivity contribution in [3.63, 3.8) is 0 Å². The second-order valence-corrected chi connectivity index (χ2v) is 4.66. The Labute approximate surface area is 90.0 Å². The summed E-state index contributed by atoms with van der Waals surface area (Å²) in [5.74, 6) is 2.44. The highest BCUT2D eigenvalue weighted by molar-refractivity contribution is 5.55. The van der Waals surface area contributed by atoms with Crippen molar-refractivity contribution in [3.8, 4) is 17.2 Å². The minimum atomic E-state index is 0.0202. The van der Waals surface area contributed by atoms with Gasteiger partial charge in [0.1, 0.15) is 5.75 Å². The van der Waals surface area contributed by atoms with Crippen molar-refractivity contribution in [2.75, 3.05) is 13.9 Å². The first-order valence-electron chi connectivity index (χ1n) is 5.00. The van der Waals surface area contributed by atoms with E-state index in [1.165, 1.54) is 0 Å². The molecule has 0 saturated heterocycles. The Kier molecular flexibility index (Phi) is 2.25. The third kappa shape index (κ3) is 1.74. The zero-order valence-corrected chi connectivity index (χ0v) is 9.59. The van der Waals surface area contributed by atoms with E-state index in [1.54, 1.807) is 7.11 Å². The molecule has 0 spiro atoms. The van der Waals surface area contributed by atoms with E-state index in [1.807, 2.05) is 12.1 Å². The van der Waals surface area contributed by atoms with E-state index in [0.717, 1.165) is 22.8 Å². The Morgan fingerprint density at radius 1 is 1.20 bits per heavy atom. The van der Waals surface area contributed by atoms with Gasteiger partial charge in [0.05, 0.1) is 7.11 Å². The summed E-state index contributed by atoms with van der Waals surface area (Å²) in [6.45, 7) is 6.72. The van der Waals surface area contributed by atoms with E-state index < -0.39 is 0 Å². The summed E-state index contributed by atoms with van der Waals surface area (Å²) in [5.41, 5.74) is 1.14. The zero-order chi connectivity index (χ0) is 11.1. The molecule has 0 saturated carbocycles. The molecular formula is C12H16O3. The number of fused-ring (bicyclic) bond motifs is 1. The summed E-state index contributed by atoms with van der Waals surface area (Å²) < 4.78 is 16.1. The molecule has 1 aromatic carbocycles. The number of methoxy groups -OCH3 is 1. The van der Waals surface area contributed by atoms with Crippen LogP contribution in [0.2, 0.25) is 0 Å². The van der Waals surface area contributed by atoms with Gasteiger partial charge < -0.3 is 14.2 Å². The molecule has 3 nitrogen and oxygen atoms in total. The molecule has 1 heterocycles. The van der Waals surface area contributed by atoms with Crippen LogP contribution >= 0.6 is 0 Å². The predicted molar refractivity (Wildman–Crippen MR) is 57.8 cm³/mol. The summed E-state index contributed by atoms with van der Waals surface area (Å²) >= 11 is 0. The normalized spacial score (nSPS) is 14.1. The summed E-state index contributed by atoms with van der Waals surface area (Å²) in [7, 11) is 1.66. The molecule has 15 heavy (non-hydrogen) atoms. The van der Waals surface area contributed by atoms with Gasteiger partial charge in [-0.2, -0.15) is 0 Å². The third-order valence-electron chi connectivity index (χ3n) is 2.49. The maximum atomic E-state index is 5.48. The van der Waals surface area contributed by atoms with E-state index in [9.17, 15) is 0 Å². The van der Waals surface area contributed by atoms with Crippen LogP contribution in [-0.4, -0.2) is 13.9 Å². The van der Waals surface area contributed by atoms with E-state index in [2.05, 4.69) is 20.8 Å². The van der Waals surface area contributed by atoms with Gasteiger partial charge in [0.2, 0.25) is 6.79 Å². The standard InChI is InChI=1S/C12H16O3/c1-12(2,3)9-5-8(13-4)6-10-11(9)15-7-14-10/h5-6H,7H2,1-4H3. The first-order valence-corrected chi connectivity index (χ1v) is 5.00. The maximum Gasteiger partial charge on any atom is 0.231 e. The fourth-order valence-electron chi connectivity index (χ4n) is 1.66. The Bertz CT molecular complexity index is 377. The zero-order valence-electron chi connectivity index (χ0n) is 9.59. The second kappa shape index (κ2) is 3.33.